The number of benzene rings is 3. The van der Waals surface area contributed by atoms with Gasteiger partial charge in [0.15, 0.2) is 5.82 Å². The normalized spacial score (nSPS) is 16.5. The molecule has 4 amide bonds. The number of aromatic nitrogens is 5. The second kappa shape index (κ2) is 23.8. The predicted octanol–water partition coefficient (Wildman–Crippen LogP) is 4.77. The van der Waals surface area contributed by atoms with Crippen LogP contribution in [0, 0.1) is 18.2 Å². The number of hydrogen-bond donors (Lipinski definition) is 4. The van der Waals surface area contributed by atoms with Crippen molar-refractivity contribution < 1.29 is 47.6 Å². The maximum Gasteiger partial charge on any atom is 0.248 e. The highest BCUT2D eigenvalue weighted by Gasteiger charge is 2.44. The van der Waals surface area contributed by atoms with Crippen LogP contribution in [0.3, 0.4) is 0 Å². The number of β-amino-alcohol motifs (C(OH)–C–C–N with tert-alkyl or cyclic N) is 1. The number of aliphatic hydroxyl groups excluding tert-OH is 1. The summed E-state index contributed by atoms with van der Waals surface area (Å²) >= 11 is 1.56. The molecule has 0 radical (unpaired) electrons. The average molecular weight is 1020 g/mol. The minimum Gasteiger partial charge on any atom is -0.496 e. The van der Waals surface area contributed by atoms with Crippen molar-refractivity contribution in [3.05, 3.63) is 95.5 Å². The first kappa shape index (κ1) is 52.4. The van der Waals surface area contributed by atoms with Crippen LogP contribution in [0.4, 0.5) is 10.1 Å². The first-order valence-corrected chi connectivity index (χ1v) is 25.0. The number of hydrogen-bond acceptors (Lipinski definition) is 15. The smallest absolute Gasteiger partial charge is 0.248 e. The second-order valence-corrected chi connectivity index (χ2v) is 19.8. The molecule has 4 N–H and O–H groups in total. The number of likely N-dealkylation sites (tertiary alicyclic amines) is 1. The summed E-state index contributed by atoms with van der Waals surface area (Å²) in [4.78, 5) is 73.1. The average Bonchev–Trinajstić information content (AvgIpc) is 4.14. The molecule has 0 saturated carbocycles. The highest BCUT2D eigenvalue weighted by atomic mass is 32.1. The van der Waals surface area contributed by atoms with Crippen molar-refractivity contribution in [1.82, 2.24) is 45.6 Å². The monoisotopic (exact) mass is 1020 g/mol. The van der Waals surface area contributed by atoms with Gasteiger partial charge in [0.25, 0.3) is 0 Å². The fourth-order valence-corrected chi connectivity index (χ4v) is 9.62. The molecule has 19 nitrogen and oxygen atoms in total. The van der Waals surface area contributed by atoms with E-state index in [9.17, 15) is 28.7 Å². The first-order chi connectivity index (χ1) is 35.2. The quantitative estimate of drug-likeness (QED) is 0.0756. The number of aromatic amines is 1. The van der Waals surface area contributed by atoms with Gasteiger partial charge >= 0.3 is 0 Å². The van der Waals surface area contributed by atoms with Crippen LogP contribution in [-0.4, -0.2) is 161 Å². The third kappa shape index (κ3) is 12.8. The fourth-order valence-electron chi connectivity index (χ4n) is 8.81. The van der Waals surface area contributed by atoms with E-state index in [1.54, 1.807) is 40.1 Å². The van der Waals surface area contributed by atoms with Crippen LogP contribution < -0.4 is 20.3 Å². The zero-order valence-electron chi connectivity index (χ0n) is 41.6. The van der Waals surface area contributed by atoms with Crippen LogP contribution in [0.1, 0.15) is 38.4 Å². The molecule has 0 bridgehead atoms. The van der Waals surface area contributed by atoms with Crippen LogP contribution in [-0.2, 0) is 39.9 Å². The number of anilines is 1. The number of piperazine rings is 1. The molecule has 3 atom stereocenters. The topological polar surface area (TPSA) is 227 Å². The molecule has 21 heteroatoms. The predicted molar refractivity (Wildman–Crippen MR) is 272 cm³/mol. The number of ether oxygens (including phenoxy) is 4. The third-order valence-corrected chi connectivity index (χ3v) is 13.8. The lowest BCUT2D eigenvalue weighted by atomic mass is 9.85. The molecule has 0 aliphatic carbocycles. The van der Waals surface area contributed by atoms with Gasteiger partial charge < -0.3 is 49.4 Å². The van der Waals surface area contributed by atoms with Crippen molar-refractivity contribution >= 4 is 51.7 Å². The van der Waals surface area contributed by atoms with Gasteiger partial charge in [-0.15, -0.1) is 11.3 Å². The van der Waals surface area contributed by atoms with Crippen molar-refractivity contribution in [2.24, 2.45) is 5.41 Å². The molecule has 5 heterocycles. The summed E-state index contributed by atoms with van der Waals surface area (Å²) in [5.41, 5.74) is 7.72. The van der Waals surface area contributed by atoms with Crippen molar-refractivity contribution in [2.75, 3.05) is 84.4 Å². The minimum absolute atomic E-state index is 0.0340. The van der Waals surface area contributed by atoms with Gasteiger partial charge in [-0.25, -0.2) is 19.3 Å². The maximum absolute atomic E-state index is 14.8. The Morgan fingerprint density at radius 2 is 1.60 bits per heavy atom. The number of aryl methyl sites for hydroxylation is 1. The Morgan fingerprint density at radius 3 is 2.29 bits per heavy atom. The zero-order valence-corrected chi connectivity index (χ0v) is 42.4. The Kier molecular flexibility index (Phi) is 17.1. The number of H-pyrrole nitrogens is 1. The summed E-state index contributed by atoms with van der Waals surface area (Å²) in [5.74, 6) is -1.44. The Labute approximate surface area is 426 Å². The van der Waals surface area contributed by atoms with E-state index in [2.05, 4.69) is 40.7 Å². The van der Waals surface area contributed by atoms with Crippen LogP contribution in [0.5, 0.6) is 5.75 Å². The van der Waals surface area contributed by atoms with Crippen molar-refractivity contribution in [2.45, 2.75) is 58.8 Å². The van der Waals surface area contributed by atoms with Crippen LogP contribution in [0.2, 0.25) is 0 Å². The van der Waals surface area contributed by atoms with Crippen LogP contribution in [0.15, 0.2) is 78.4 Å². The van der Waals surface area contributed by atoms with Gasteiger partial charge in [0.1, 0.15) is 53.6 Å². The number of methoxy groups -OCH3 is 1. The van der Waals surface area contributed by atoms with Crippen molar-refractivity contribution in [1.29, 1.82) is 0 Å². The number of halogens is 1. The molecule has 386 valence electrons. The SMILES string of the molecule is COc1cccc(F)c1-c1ncc2[nH]nc(-c3ccc(N4CCN(C(=O)COCCOCCOCC(=O)N[C@H](C(=O)N5C[C@H](O)C[C@H]5C(=O)NCc5ccc(-c6scnc6C)cc5)C(C)(C)C)CC4)cc3)c2n1. The number of aliphatic hydroxyl groups is 1. The first-order valence-electron chi connectivity index (χ1n) is 24.1. The molecule has 2 saturated heterocycles. The Balaban J connectivity index is 0.704. The maximum atomic E-state index is 14.8. The molecule has 2 aliphatic rings. The summed E-state index contributed by atoms with van der Waals surface area (Å²) in [6.07, 6.45) is 0.768. The molecule has 8 rings (SSSR count). The second-order valence-electron chi connectivity index (χ2n) is 18.9. The number of fused-ring (bicyclic) bond motifs is 1. The molecule has 73 heavy (non-hydrogen) atoms. The summed E-state index contributed by atoms with van der Waals surface area (Å²) in [5, 5.41) is 23.7. The molecule has 2 aliphatic heterocycles. The van der Waals surface area contributed by atoms with E-state index < -0.39 is 41.2 Å². The Morgan fingerprint density at radius 1 is 0.904 bits per heavy atom. The van der Waals surface area contributed by atoms with E-state index in [1.165, 1.54) is 18.1 Å². The number of amides is 4. The van der Waals surface area contributed by atoms with E-state index in [0.717, 1.165) is 32.9 Å². The standard InChI is InChI=1S/C52H61FN10O9S/c1-32-47(73-31-56-32)35-11-9-33(10-12-35)26-55-50(67)40-25-37(64)28-63(40)51(68)48(52(2,3)4)57-42(65)29-71-23-21-70-22-24-72-30-43(66)62-19-17-61(18-20-62)36-15-13-34(14-16-36)45-46-39(59-60-45)27-54-49(58-46)44-38(53)7-6-8-41(44)69-5/h6-16,27,31,37,40,48,64H,17-26,28-30H2,1-5H3,(H,55,67)(H,57,65)(H,59,60)/t37-,40+,48-/m1/s1. The fraction of sp³-hybridized carbons (Fsp3) is 0.423. The third-order valence-electron chi connectivity index (χ3n) is 12.8. The van der Waals surface area contributed by atoms with E-state index in [-0.39, 0.29) is 82.4 Å². The van der Waals surface area contributed by atoms with Gasteiger partial charge in [-0.2, -0.15) is 5.10 Å². The van der Waals surface area contributed by atoms with Gasteiger partial charge in [0.2, 0.25) is 23.6 Å². The molecule has 2 fully saturated rings. The van der Waals surface area contributed by atoms with Gasteiger partial charge in [-0.1, -0.05) is 63.2 Å². The van der Waals surface area contributed by atoms with Crippen LogP contribution in [0.25, 0.3) is 44.1 Å². The van der Waals surface area contributed by atoms with E-state index in [0.29, 0.717) is 48.7 Å². The molecule has 0 spiro atoms. The molecule has 3 aromatic heterocycles. The lowest BCUT2D eigenvalue weighted by molar-refractivity contribution is -0.144. The lowest BCUT2D eigenvalue weighted by Crippen LogP contribution is -2.58. The van der Waals surface area contributed by atoms with E-state index in [1.807, 2.05) is 76.2 Å². The summed E-state index contributed by atoms with van der Waals surface area (Å²) < 4.78 is 36.9. The summed E-state index contributed by atoms with van der Waals surface area (Å²) in [7, 11) is 1.47. The van der Waals surface area contributed by atoms with E-state index in [4.69, 9.17) is 18.9 Å². The van der Waals surface area contributed by atoms with Gasteiger partial charge in [0.05, 0.1) is 67.5 Å². The summed E-state index contributed by atoms with van der Waals surface area (Å²) in [6, 6.07) is 18.4. The van der Waals surface area contributed by atoms with Gasteiger partial charge in [-0.3, -0.25) is 24.3 Å². The Hall–Kier alpha value is -6.91. The number of carbonyl (C=O) groups is 4. The van der Waals surface area contributed by atoms with Crippen LogP contribution >= 0.6 is 11.3 Å². The number of nitrogens with one attached hydrogen (secondary N) is 3. The molecular formula is C52H61FN10O9S. The minimum atomic E-state index is -0.991. The molecule has 3 aromatic carbocycles. The van der Waals surface area contributed by atoms with Gasteiger partial charge in [0, 0.05) is 56.9 Å². The Bertz CT molecular complexity index is 2870. The van der Waals surface area contributed by atoms with Gasteiger partial charge in [-0.05, 0) is 47.7 Å². The number of nitrogens with zero attached hydrogens (tertiary/aromatic N) is 7. The van der Waals surface area contributed by atoms with Crippen molar-refractivity contribution in [3.8, 4) is 38.8 Å². The number of carbonyl (C=O) groups excluding carboxylic acids is 4. The highest BCUT2D eigenvalue weighted by Crippen LogP contribution is 2.34. The summed E-state index contributed by atoms with van der Waals surface area (Å²) in [6.45, 7) is 10.2. The molecule has 0 unspecified atom stereocenters. The molecule has 6 aromatic rings. The van der Waals surface area contributed by atoms with Crippen molar-refractivity contribution in [3.63, 3.8) is 0 Å². The number of rotatable bonds is 20. The molecular weight excluding hydrogens is 960 g/mol. The lowest BCUT2D eigenvalue weighted by Gasteiger charge is -2.36. The number of thiazole rings is 1. The van der Waals surface area contributed by atoms with E-state index >= 15 is 0 Å². The zero-order chi connectivity index (χ0) is 51.6. The largest absolute Gasteiger partial charge is 0.496 e. The highest BCUT2D eigenvalue weighted by molar-refractivity contribution is 7.13.